The first-order valence-electron chi connectivity index (χ1n) is 8.64. The lowest BCUT2D eigenvalue weighted by molar-refractivity contribution is -0.133. The molecule has 0 radical (unpaired) electrons. The van der Waals surface area contributed by atoms with E-state index in [1.54, 1.807) is 12.4 Å². The van der Waals surface area contributed by atoms with Crippen molar-refractivity contribution in [3.63, 3.8) is 0 Å². The topological polar surface area (TPSA) is 72.1 Å². The summed E-state index contributed by atoms with van der Waals surface area (Å²) in [4.78, 5) is 22.8. The minimum Gasteiger partial charge on any atom is -0.342 e. The van der Waals surface area contributed by atoms with Crippen LogP contribution in [0.1, 0.15) is 44.9 Å². The summed E-state index contributed by atoms with van der Waals surface area (Å²) in [5.74, 6) is 1.73. The van der Waals surface area contributed by atoms with Gasteiger partial charge in [0.15, 0.2) is 0 Å². The van der Waals surface area contributed by atoms with Gasteiger partial charge >= 0.3 is 0 Å². The number of aryl methyl sites for hydroxylation is 1. The van der Waals surface area contributed by atoms with E-state index in [2.05, 4.69) is 22.0 Å². The Bertz CT molecular complexity index is 671. The molecule has 0 bridgehead atoms. The highest BCUT2D eigenvalue weighted by Crippen LogP contribution is 2.27. The lowest BCUT2D eigenvalue weighted by Crippen LogP contribution is -2.42. The van der Waals surface area contributed by atoms with Crippen LogP contribution >= 0.6 is 0 Å². The van der Waals surface area contributed by atoms with Crippen molar-refractivity contribution in [3.05, 3.63) is 30.4 Å². The number of carbonyl (C=O) groups excluding carboxylic acids is 1. The normalized spacial score (nSPS) is 20.8. The van der Waals surface area contributed by atoms with Crippen LogP contribution in [0.15, 0.2) is 29.0 Å². The average molecular weight is 328 g/mol. The van der Waals surface area contributed by atoms with E-state index in [9.17, 15) is 4.79 Å². The maximum atomic E-state index is 12.5. The van der Waals surface area contributed by atoms with Crippen molar-refractivity contribution in [3.8, 4) is 11.4 Å². The molecule has 0 spiro atoms. The number of nitrogens with zero attached hydrogens (tertiary/aromatic N) is 4. The van der Waals surface area contributed by atoms with Crippen molar-refractivity contribution in [2.24, 2.45) is 5.92 Å². The number of aromatic nitrogens is 3. The lowest BCUT2D eigenvalue weighted by Gasteiger charge is -2.36. The Balaban J connectivity index is 1.55. The molecule has 1 amide bonds. The monoisotopic (exact) mass is 328 g/mol. The minimum absolute atomic E-state index is 0.148. The van der Waals surface area contributed by atoms with Gasteiger partial charge in [-0.25, -0.2) is 0 Å². The summed E-state index contributed by atoms with van der Waals surface area (Å²) in [5.41, 5.74) is 0.812. The fourth-order valence-electron chi connectivity index (χ4n) is 3.42. The number of pyridine rings is 1. The average Bonchev–Trinajstić information content (AvgIpc) is 3.09. The van der Waals surface area contributed by atoms with Crippen molar-refractivity contribution in [1.82, 2.24) is 20.0 Å². The third kappa shape index (κ3) is 3.80. The molecule has 1 aliphatic carbocycles. The van der Waals surface area contributed by atoms with E-state index in [0.29, 0.717) is 36.5 Å². The van der Waals surface area contributed by atoms with Gasteiger partial charge in [0, 0.05) is 43.9 Å². The Morgan fingerprint density at radius 1 is 1.38 bits per heavy atom. The van der Waals surface area contributed by atoms with Gasteiger partial charge in [-0.1, -0.05) is 24.9 Å². The van der Waals surface area contributed by atoms with E-state index >= 15 is 0 Å². The second-order valence-corrected chi connectivity index (χ2v) is 6.59. The molecule has 6 nitrogen and oxygen atoms in total. The van der Waals surface area contributed by atoms with E-state index in [1.807, 2.05) is 24.1 Å². The fraction of sp³-hybridized carbons (Fsp3) is 0.556. The first-order chi connectivity index (χ1) is 11.6. The van der Waals surface area contributed by atoms with Gasteiger partial charge in [-0.05, 0) is 30.9 Å². The summed E-state index contributed by atoms with van der Waals surface area (Å²) in [7, 11) is 1.92. The van der Waals surface area contributed by atoms with Crippen molar-refractivity contribution in [2.45, 2.75) is 51.5 Å². The molecule has 1 aliphatic rings. The summed E-state index contributed by atoms with van der Waals surface area (Å²) in [6.45, 7) is 2.24. The summed E-state index contributed by atoms with van der Waals surface area (Å²) in [6.07, 6.45) is 9.06. The van der Waals surface area contributed by atoms with Crippen LogP contribution in [0.2, 0.25) is 0 Å². The lowest BCUT2D eigenvalue weighted by atomic mass is 9.85. The van der Waals surface area contributed by atoms with Gasteiger partial charge in [-0.15, -0.1) is 0 Å². The Morgan fingerprint density at radius 2 is 2.21 bits per heavy atom. The second-order valence-electron chi connectivity index (χ2n) is 6.59. The number of amides is 1. The molecule has 24 heavy (non-hydrogen) atoms. The van der Waals surface area contributed by atoms with Gasteiger partial charge < -0.3 is 9.42 Å². The maximum absolute atomic E-state index is 12.5. The Labute approximate surface area is 142 Å². The zero-order valence-corrected chi connectivity index (χ0v) is 14.3. The molecule has 128 valence electrons. The predicted octanol–water partition coefficient (Wildman–Crippen LogP) is 3.10. The van der Waals surface area contributed by atoms with Crippen LogP contribution in [0.25, 0.3) is 11.4 Å². The number of carbonyl (C=O) groups is 1. The molecular weight excluding hydrogens is 304 g/mol. The first kappa shape index (κ1) is 16.6. The molecule has 2 atom stereocenters. The van der Waals surface area contributed by atoms with Crippen LogP contribution in [-0.4, -0.2) is 39.0 Å². The molecular formula is C18H24N4O2. The second kappa shape index (κ2) is 7.55. The van der Waals surface area contributed by atoms with Gasteiger partial charge in [0.1, 0.15) is 0 Å². The molecule has 0 unspecified atom stereocenters. The first-order valence-corrected chi connectivity index (χ1v) is 8.64. The molecule has 0 N–H and O–H groups in total. The molecule has 0 aliphatic heterocycles. The highest BCUT2D eigenvalue weighted by molar-refractivity contribution is 5.76. The van der Waals surface area contributed by atoms with Gasteiger partial charge in [0.05, 0.1) is 0 Å². The SMILES string of the molecule is C[C@H]1CCCC[C@H]1N(C)C(=O)CCc1nc(-c2cccnc2)no1. The van der Waals surface area contributed by atoms with E-state index < -0.39 is 0 Å². The van der Waals surface area contributed by atoms with Crippen LogP contribution in [0, 0.1) is 5.92 Å². The highest BCUT2D eigenvalue weighted by atomic mass is 16.5. The van der Waals surface area contributed by atoms with Crippen LogP contribution in [0.4, 0.5) is 0 Å². The van der Waals surface area contributed by atoms with Crippen molar-refractivity contribution < 1.29 is 9.32 Å². The maximum Gasteiger partial charge on any atom is 0.227 e. The van der Waals surface area contributed by atoms with E-state index in [4.69, 9.17) is 4.52 Å². The van der Waals surface area contributed by atoms with Crippen LogP contribution in [0.5, 0.6) is 0 Å². The third-order valence-corrected chi connectivity index (χ3v) is 4.90. The van der Waals surface area contributed by atoms with E-state index in [0.717, 1.165) is 12.0 Å². The standard InChI is InChI=1S/C18H24N4O2/c1-13-6-3-4-8-15(13)22(2)17(23)10-9-16-20-18(21-24-16)14-7-5-11-19-12-14/h5,7,11-13,15H,3-4,6,8-10H2,1-2H3/t13-,15+/m0/s1. The molecule has 2 heterocycles. The molecule has 2 aromatic rings. The predicted molar refractivity (Wildman–Crippen MR) is 90.0 cm³/mol. The third-order valence-electron chi connectivity index (χ3n) is 4.90. The molecule has 1 saturated carbocycles. The van der Waals surface area contributed by atoms with Gasteiger partial charge in [-0.2, -0.15) is 4.98 Å². The Morgan fingerprint density at radius 3 is 2.96 bits per heavy atom. The quantitative estimate of drug-likeness (QED) is 0.843. The number of hydrogen-bond acceptors (Lipinski definition) is 5. The summed E-state index contributed by atoms with van der Waals surface area (Å²) in [5, 5.41) is 3.96. The van der Waals surface area contributed by atoms with Crippen LogP contribution < -0.4 is 0 Å². The molecule has 6 heteroatoms. The highest BCUT2D eigenvalue weighted by Gasteiger charge is 2.27. The van der Waals surface area contributed by atoms with E-state index in [-0.39, 0.29) is 5.91 Å². The molecule has 3 rings (SSSR count). The summed E-state index contributed by atoms with van der Waals surface area (Å²) in [6, 6.07) is 4.07. The van der Waals surface area contributed by atoms with Gasteiger partial charge in [0.25, 0.3) is 0 Å². The van der Waals surface area contributed by atoms with Crippen molar-refractivity contribution >= 4 is 5.91 Å². The van der Waals surface area contributed by atoms with Crippen LogP contribution in [0.3, 0.4) is 0 Å². The van der Waals surface area contributed by atoms with Crippen molar-refractivity contribution in [1.29, 1.82) is 0 Å². The summed E-state index contributed by atoms with van der Waals surface area (Å²) < 4.78 is 5.26. The molecule has 2 aromatic heterocycles. The van der Waals surface area contributed by atoms with Crippen LogP contribution in [-0.2, 0) is 11.2 Å². The number of rotatable bonds is 5. The van der Waals surface area contributed by atoms with Crippen molar-refractivity contribution in [2.75, 3.05) is 7.05 Å². The van der Waals surface area contributed by atoms with Gasteiger partial charge in [0.2, 0.25) is 17.6 Å². The Hall–Kier alpha value is -2.24. The fourth-order valence-corrected chi connectivity index (χ4v) is 3.42. The Kier molecular flexibility index (Phi) is 5.23. The largest absolute Gasteiger partial charge is 0.342 e. The van der Waals surface area contributed by atoms with E-state index in [1.165, 1.54) is 19.3 Å². The molecule has 0 saturated heterocycles. The van der Waals surface area contributed by atoms with Gasteiger partial charge in [-0.3, -0.25) is 9.78 Å². The number of hydrogen-bond donors (Lipinski definition) is 0. The zero-order valence-electron chi connectivity index (χ0n) is 14.3. The zero-order chi connectivity index (χ0) is 16.9. The smallest absolute Gasteiger partial charge is 0.227 e. The summed E-state index contributed by atoms with van der Waals surface area (Å²) >= 11 is 0. The molecule has 0 aromatic carbocycles. The minimum atomic E-state index is 0.148. The molecule has 1 fully saturated rings.